The van der Waals surface area contributed by atoms with Gasteiger partial charge in [0.2, 0.25) is 0 Å². The van der Waals surface area contributed by atoms with E-state index in [1.54, 1.807) is 0 Å². The average Bonchev–Trinajstić information content (AvgIpc) is 2.61. The summed E-state index contributed by atoms with van der Waals surface area (Å²) < 4.78 is 0. The van der Waals surface area contributed by atoms with Crippen LogP contribution in [-0.2, 0) is 0 Å². The summed E-state index contributed by atoms with van der Waals surface area (Å²) in [6.45, 7) is 5.22. The van der Waals surface area contributed by atoms with Crippen molar-refractivity contribution in [1.29, 1.82) is 0 Å². The number of hydrogen-bond acceptors (Lipinski definition) is 3. The molecule has 1 aromatic rings. The second-order valence-corrected chi connectivity index (χ2v) is 5.27. The van der Waals surface area contributed by atoms with E-state index in [2.05, 4.69) is 23.7 Å². The van der Waals surface area contributed by atoms with Crippen LogP contribution < -0.4 is 10.6 Å². The lowest BCUT2D eigenvalue weighted by Crippen LogP contribution is -2.41. The number of hydrogen-bond donors (Lipinski definition) is 1. The number of halogens is 1. The van der Waals surface area contributed by atoms with Gasteiger partial charge in [0.25, 0.3) is 0 Å². The molecule has 1 unspecified atom stereocenters. The fourth-order valence-corrected chi connectivity index (χ4v) is 2.34. The van der Waals surface area contributed by atoms with E-state index in [0.717, 1.165) is 23.7 Å². The van der Waals surface area contributed by atoms with E-state index in [1.807, 2.05) is 24.3 Å². The number of anilines is 1. The first-order valence-corrected chi connectivity index (χ1v) is 6.30. The van der Waals surface area contributed by atoms with Crippen LogP contribution in [-0.4, -0.2) is 18.5 Å². The smallest absolute Gasteiger partial charge is 0.196 e. The fraction of sp³-hybridized carbons (Fsp3) is 0.462. The van der Waals surface area contributed by atoms with Crippen molar-refractivity contribution >= 4 is 23.2 Å². The van der Waals surface area contributed by atoms with Crippen molar-refractivity contribution in [3.63, 3.8) is 0 Å². The first kappa shape index (κ1) is 12.2. The SMILES string of the molecule is CC(C)CC1CN=C(N)N1c1ccc(Cl)cc1. The summed E-state index contributed by atoms with van der Waals surface area (Å²) in [6, 6.07) is 8.12. The minimum Gasteiger partial charge on any atom is -0.370 e. The number of nitrogens with two attached hydrogens (primary N) is 1. The second-order valence-electron chi connectivity index (χ2n) is 4.83. The summed E-state index contributed by atoms with van der Waals surface area (Å²) in [7, 11) is 0. The van der Waals surface area contributed by atoms with Gasteiger partial charge >= 0.3 is 0 Å². The van der Waals surface area contributed by atoms with E-state index < -0.39 is 0 Å². The third-order valence-electron chi connectivity index (χ3n) is 2.92. The number of aliphatic imine (C=N–C) groups is 1. The molecular formula is C13H18ClN3. The molecule has 1 aliphatic rings. The summed E-state index contributed by atoms with van der Waals surface area (Å²) >= 11 is 5.90. The van der Waals surface area contributed by atoms with Crippen molar-refractivity contribution < 1.29 is 0 Å². The van der Waals surface area contributed by atoms with Crippen molar-refractivity contribution in [1.82, 2.24) is 0 Å². The standard InChI is InChI=1S/C13H18ClN3/c1-9(2)7-12-8-16-13(15)17(12)11-5-3-10(14)4-6-11/h3-6,9,12H,7-8H2,1-2H3,(H2,15,16). The van der Waals surface area contributed by atoms with Crippen LogP contribution in [0.3, 0.4) is 0 Å². The second kappa shape index (κ2) is 4.96. The molecule has 1 aliphatic heterocycles. The van der Waals surface area contributed by atoms with Crippen LogP contribution >= 0.6 is 11.6 Å². The highest BCUT2D eigenvalue weighted by Crippen LogP contribution is 2.25. The van der Waals surface area contributed by atoms with Crippen molar-refractivity contribution in [3.8, 4) is 0 Å². The normalized spacial score (nSPS) is 19.9. The van der Waals surface area contributed by atoms with Gasteiger partial charge in [-0.2, -0.15) is 0 Å². The molecule has 0 saturated heterocycles. The highest BCUT2D eigenvalue weighted by atomic mass is 35.5. The van der Waals surface area contributed by atoms with E-state index >= 15 is 0 Å². The Hall–Kier alpha value is -1.22. The minimum absolute atomic E-state index is 0.371. The lowest BCUT2D eigenvalue weighted by atomic mass is 10.0. The van der Waals surface area contributed by atoms with Crippen LogP contribution in [0.4, 0.5) is 5.69 Å². The maximum atomic E-state index is 5.96. The molecule has 0 fully saturated rings. The lowest BCUT2D eigenvalue weighted by Gasteiger charge is -2.27. The molecule has 1 atom stereocenters. The van der Waals surface area contributed by atoms with Crippen LogP contribution in [0.15, 0.2) is 29.3 Å². The summed E-state index contributed by atoms with van der Waals surface area (Å²) in [5, 5.41) is 0.740. The summed E-state index contributed by atoms with van der Waals surface area (Å²) in [5.74, 6) is 1.24. The largest absolute Gasteiger partial charge is 0.370 e. The molecule has 0 spiro atoms. The van der Waals surface area contributed by atoms with Crippen LogP contribution in [0, 0.1) is 5.92 Å². The molecule has 0 saturated carbocycles. The zero-order valence-corrected chi connectivity index (χ0v) is 11.0. The van der Waals surface area contributed by atoms with Gasteiger partial charge in [0, 0.05) is 10.7 Å². The molecule has 0 aromatic heterocycles. The molecular weight excluding hydrogens is 234 g/mol. The number of rotatable bonds is 3. The van der Waals surface area contributed by atoms with E-state index in [-0.39, 0.29) is 0 Å². The lowest BCUT2D eigenvalue weighted by molar-refractivity contribution is 0.512. The molecule has 0 radical (unpaired) electrons. The van der Waals surface area contributed by atoms with Gasteiger partial charge in [0.15, 0.2) is 5.96 Å². The Morgan fingerprint density at radius 3 is 2.65 bits per heavy atom. The molecule has 2 rings (SSSR count). The Kier molecular flexibility index (Phi) is 3.57. The maximum Gasteiger partial charge on any atom is 0.196 e. The number of benzene rings is 1. The number of guanidine groups is 1. The monoisotopic (exact) mass is 251 g/mol. The Balaban J connectivity index is 2.21. The molecule has 92 valence electrons. The molecule has 17 heavy (non-hydrogen) atoms. The van der Waals surface area contributed by atoms with Crippen LogP contribution in [0.5, 0.6) is 0 Å². The third kappa shape index (κ3) is 2.72. The Morgan fingerprint density at radius 1 is 1.41 bits per heavy atom. The van der Waals surface area contributed by atoms with E-state index in [4.69, 9.17) is 17.3 Å². The Morgan fingerprint density at radius 2 is 2.06 bits per heavy atom. The highest BCUT2D eigenvalue weighted by molar-refractivity contribution is 6.30. The van der Waals surface area contributed by atoms with Crippen molar-refractivity contribution in [3.05, 3.63) is 29.3 Å². The molecule has 1 aromatic carbocycles. The van der Waals surface area contributed by atoms with Crippen LogP contribution in [0.25, 0.3) is 0 Å². The van der Waals surface area contributed by atoms with Gasteiger partial charge in [-0.25, -0.2) is 0 Å². The molecule has 2 N–H and O–H groups in total. The van der Waals surface area contributed by atoms with E-state index in [0.29, 0.717) is 17.9 Å². The van der Waals surface area contributed by atoms with Crippen molar-refractivity contribution in [2.75, 3.05) is 11.4 Å². The van der Waals surface area contributed by atoms with Gasteiger partial charge in [-0.3, -0.25) is 4.99 Å². The zero-order valence-electron chi connectivity index (χ0n) is 10.2. The van der Waals surface area contributed by atoms with Gasteiger partial charge in [0.05, 0.1) is 12.6 Å². The molecule has 0 aliphatic carbocycles. The van der Waals surface area contributed by atoms with Crippen LogP contribution in [0.1, 0.15) is 20.3 Å². The van der Waals surface area contributed by atoms with Gasteiger partial charge in [0.1, 0.15) is 0 Å². The van der Waals surface area contributed by atoms with E-state index in [1.165, 1.54) is 0 Å². The number of nitrogens with zero attached hydrogens (tertiary/aromatic N) is 2. The zero-order chi connectivity index (χ0) is 12.4. The predicted octanol–water partition coefficient (Wildman–Crippen LogP) is 2.89. The first-order chi connectivity index (χ1) is 8.08. The molecule has 0 amide bonds. The average molecular weight is 252 g/mol. The quantitative estimate of drug-likeness (QED) is 0.898. The molecule has 3 nitrogen and oxygen atoms in total. The van der Waals surface area contributed by atoms with Gasteiger partial charge < -0.3 is 10.6 Å². The maximum absolute atomic E-state index is 5.96. The van der Waals surface area contributed by atoms with Crippen LogP contribution in [0.2, 0.25) is 5.02 Å². The van der Waals surface area contributed by atoms with E-state index in [9.17, 15) is 0 Å². The Labute approximate surface area is 107 Å². The third-order valence-corrected chi connectivity index (χ3v) is 3.18. The predicted molar refractivity (Wildman–Crippen MR) is 73.7 cm³/mol. The molecule has 0 bridgehead atoms. The highest BCUT2D eigenvalue weighted by Gasteiger charge is 2.27. The molecule has 1 heterocycles. The molecule has 4 heteroatoms. The van der Waals surface area contributed by atoms with Crippen molar-refractivity contribution in [2.45, 2.75) is 26.3 Å². The minimum atomic E-state index is 0.371. The van der Waals surface area contributed by atoms with Gasteiger partial charge in [-0.15, -0.1) is 0 Å². The van der Waals surface area contributed by atoms with Crippen molar-refractivity contribution in [2.24, 2.45) is 16.6 Å². The fourth-order valence-electron chi connectivity index (χ4n) is 2.21. The summed E-state index contributed by atoms with van der Waals surface area (Å²) in [6.07, 6.45) is 1.09. The first-order valence-electron chi connectivity index (χ1n) is 5.92. The topological polar surface area (TPSA) is 41.6 Å². The summed E-state index contributed by atoms with van der Waals surface area (Å²) in [5.41, 5.74) is 7.03. The van der Waals surface area contributed by atoms with Gasteiger partial charge in [-0.05, 0) is 36.6 Å². The van der Waals surface area contributed by atoms with Gasteiger partial charge in [-0.1, -0.05) is 25.4 Å². The summed E-state index contributed by atoms with van der Waals surface area (Å²) in [4.78, 5) is 6.45. The Bertz CT molecular complexity index is 411.